The number of rotatable bonds is 3. The average Bonchev–Trinajstić information content (AvgIpc) is 2.66. The molecule has 0 bridgehead atoms. The van der Waals surface area contributed by atoms with Gasteiger partial charge in [0.05, 0.1) is 22.7 Å². The van der Waals surface area contributed by atoms with E-state index in [1.165, 1.54) is 28.8 Å². The second-order valence-electron chi connectivity index (χ2n) is 5.85. The Morgan fingerprint density at radius 2 is 1.86 bits per heavy atom. The molecule has 2 aliphatic heterocycles. The van der Waals surface area contributed by atoms with E-state index in [9.17, 15) is 23.6 Å². The molecular weight excluding hydrogens is 370 g/mol. The maximum absolute atomic E-state index is 12.4. The number of halogens is 2. The first-order chi connectivity index (χ1) is 13.5. The van der Waals surface area contributed by atoms with Crippen molar-refractivity contribution in [2.45, 2.75) is 6.61 Å². The lowest BCUT2D eigenvalue weighted by atomic mass is 10.1. The second-order valence-corrected chi connectivity index (χ2v) is 5.85. The molecule has 0 radical (unpaired) electrons. The zero-order chi connectivity index (χ0) is 19.8. The van der Waals surface area contributed by atoms with E-state index in [4.69, 9.17) is 0 Å². The van der Waals surface area contributed by atoms with Gasteiger partial charge in [-0.2, -0.15) is 19.0 Å². The van der Waals surface area contributed by atoms with E-state index < -0.39 is 17.9 Å². The number of pyridine rings is 1. The number of benzene rings is 2. The lowest BCUT2D eigenvalue weighted by molar-refractivity contribution is -0.0498. The summed E-state index contributed by atoms with van der Waals surface area (Å²) >= 11 is 0. The summed E-state index contributed by atoms with van der Waals surface area (Å²) in [6.07, 6.45) is 0. The van der Waals surface area contributed by atoms with Gasteiger partial charge in [-0.1, -0.05) is 6.07 Å². The average molecular weight is 380 g/mol. The summed E-state index contributed by atoms with van der Waals surface area (Å²) in [5.74, 6) is 0.0378. The number of fused-ring (bicyclic) bond motifs is 2. The van der Waals surface area contributed by atoms with Crippen LogP contribution in [0.25, 0.3) is 28.0 Å². The van der Waals surface area contributed by atoms with Crippen LogP contribution in [0.2, 0.25) is 0 Å². The second kappa shape index (κ2) is 6.59. The van der Waals surface area contributed by atoms with E-state index in [0.717, 1.165) is 0 Å². The molecule has 2 heterocycles. The normalized spacial score (nSPS) is 11.1. The molecule has 0 aliphatic carbocycles. The molecule has 1 N–H and O–H groups in total. The molecule has 0 saturated carbocycles. The topological polar surface area (TPSA) is 101 Å². The van der Waals surface area contributed by atoms with Gasteiger partial charge in [0.1, 0.15) is 5.75 Å². The summed E-state index contributed by atoms with van der Waals surface area (Å²) < 4.78 is 30.7. The minimum absolute atomic E-state index is 0.0445. The smallest absolute Gasteiger partial charge is 0.387 e. The maximum Gasteiger partial charge on any atom is 0.387 e. The summed E-state index contributed by atoms with van der Waals surface area (Å²) in [4.78, 5) is 30.1. The number of alkyl halides is 2. The predicted octanol–water partition coefficient (Wildman–Crippen LogP) is 2.65. The van der Waals surface area contributed by atoms with E-state index in [2.05, 4.69) is 14.7 Å². The number of hydrogen-bond donors (Lipinski definition) is 1. The van der Waals surface area contributed by atoms with Gasteiger partial charge in [0.15, 0.2) is 5.82 Å². The van der Waals surface area contributed by atoms with E-state index in [-0.39, 0.29) is 17.1 Å². The van der Waals surface area contributed by atoms with Crippen LogP contribution in [0.5, 0.6) is 5.75 Å². The standard InChI is InChI=1S/C19H10F2N4O3/c20-18(21)28-13-5-3-12(4-6-13)25-15-7-10(9-22)1-2-11(15)8-14-16(25)23-19(27)24-17(14)26/h1-8,18H,(H,24,26,27). The zero-order valence-electron chi connectivity index (χ0n) is 14.0. The first kappa shape index (κ1) is 17.4. The van der Waals surface area contributed by atoms with Crippen molar-refractivity contribution in [1.82, 2.24) is 14.5 Å². The Labute approximate surface area is 155 Å². The number of nitrogens with one attached hydrogen (secondary N) is 1. The number of aromatic nitrogens is 3. The number of hydrogen-bond acceptors (Lipinski definition) is 5. The SMILES string of the molecule is N#Cc1ccc2cc3c(=O)[nH]c(=O)nc-3n(-c3ccc(OC(F)F)cc3)c2c1. The number of nitriles is 1. The Kier molecular flexibility index (Phi) is 4.08. The van der Waals surface area contributed by atoms with Crippen LogP contribution in [0.1, 0.15) is 5.56 Å². The van der Waals surface area contributed by atoms with Crippen molar-refractivity contribution in [2.24, 2.45) is 0 Å². The van der Waals surface area contributed by atoms with Gasteiger partial charge in [0, 0.05) is 5.69 Å². The molecule has 9 heteroatoms. The molecule has 2 aromatic rings. The van der Waals surface area contributed by atoms with Crippen molar-refractivity contribution in [3.8, 4) is 28.9 Å². The summed E-state index contributed by atoms with van der Waals surface area (Å²) in [5, 5.41) is 9.84. The van der Waals surface area contributed by atoms with Gasteiger partial charge in [0.25, 0.3) is 5.56 Å². The van der Waals surface area contributed by atoms with E-state index in [0.29, 0.717) is 22.2 Å². The molecule has 4 rings (SSSR count). The highest BCUT2D eigenvalue weighted by Gasteiger charge is 2.18. The van der Waals surface area contributed by atoms with Crippen molar-refractivity contribution >= 4 is 10.9 Å². The number of nitrogens with zero attached hydrogens (tertiary/aromatic N) is 3. The number of aromatic amines is 1. The highest BCUT2D eigenvalue weighted by atomic mass is 19.3. The minimum atomic E-state index is -2.96. The minimum Gasteiger partial charge on any atom is -0.435 e. The summed E-state index contributed by atoms with van der Waals surface area (Å²) in [6.45, 7) is -2.96. The van der Waals surface area contributed by atoms with E-state index in [1.807, 2.05) is 6.07 Å². The van der Waals surface area contributed by atoms with Gasteiger partial charge in [0.2, 0.25) is 0 Å². The van der Waals surface area contributed by atoms with Crippen LogP contribution >= 0.6 is 0 Å². The molecule has 0 atom stereocenters. The molecule has 0 amide bonds. The summed E-state index contributed by atoms with van der Waals surface area (Å²) in [6, 6.07) is 14.1. The first-order valence-electron chi connectivity index (χ1n) is 8.01. The Morgan fingerprint density at radius 1 is 1.11 bits per heavy atom. The molecule has 0 aromatic heterocycles. The number of ether oxygens (including phenoxy) is 1. The van der Waals surface area contributed by atoms with Crippen LogP contribution < -0.4 is 16.0 Å². The fourth-order valence-electron chi connectivity index (χ4n) is 2.99. The third-order valence-electron chi connectivity index (χ3n) is 4.15. The summed E-state index contributed by atoms with van der Waals surface area (Å²) in [7, 11) is 0. The van der Waals surface area contributed by atoms with Gasteiger partial charge < -0.3 is 4.74 Å². The summed E-state index contributed by atoms with van der Waals surface area (Å²) in [5.41, 5.74) is 0.0823. The quantitative estimate of drug-likeness (QED) is 0.551. The van der Waals surface area contributed by atoms with Gasteiger partial charge in [-0.3, -0.25) is 14.3 Å². The van der Waals surface area contributed by atoms with Crippen LogP contribution in [0.3, 0.4) is 0 Å². The first-order valence-corrected chi connectivity index (χ1v) is 8.01. The largest absolute Gasteiger partial charge is 0.435 e. The van der Waals surface area contributed by atoms with Crippen molar-refractivity contribution < 1.29 is 13.5 Å². The van der Waals surface area contributed by atoms with Gasteiger partial charge >= 0.3 is 12.3 Å². The lowest BCUT2D eigenvalue weighted by Crippen LogP contribution is -2.27. The molecule has 138 valence electrons. The fraction of sp³-hybridized carbons (Fsp3) is 0.0526. The monoisotopic (exact) mass is 380 g/mol. The molecule has 0 spiro atoms. The lowest BCUT2D eigenvalue weighted by Gasteiger charge is -2.18. The van der Waals surface area contributed by atoms with Crippen LogP contribution in [0, 0.1) is 11.3 Å². The molecule has 7 nitrogen and oxygen atoms in total. The molecule has 0 saturated heterocycles. The molecule has 0 unspecified atom stereocenters. The van der Waals surface area contributed by atoms with E-state index >= 15 is 0 Å². The highest BCUT2D eigenvalue weighted by molar-refractivity contribution is 5.88. The third kappa shape index (κ3) is 2.97. The van der Waals surface area contributed by atoms with Gasteiger partial charge in [-0.05, 0) is 47.9 Å². The van der Waals surface area contributed by atoms with Crippen molar-refractivity contribution in [3.05, 3.63) is 74.9 Å². The Bertz CT molecular complexity index is 1320. The zero-order valence-corrected chi connectivity index (χ0v) is 14.0. The molecular formula is C19H10F2N4O3. The predicted molar refractivity (Wildman–Crippen MR) is 95.9 cm³/mol. The highest BCUT2D eigenvalue weighted by Crippen LogP contribution is 2.29. The van der Waals surface area contributed by atoms with Gasteiger partial charge in [-0.25, -0.2) is 4.79 Å². The Balaban J connectivity index is 2.07. The Morgan fingerprint density at radius 3 is 2.54 bits per heavy atom. The van der Waals surface area contributed by atoms with Crippen molar-refractivity contribution in [1.29, 1.82) is 5.26 Å². The van der Waals surface area contributed by atoms with Crippen LogP contribution in [0.15, 0.2) is 58.1 Å². The van der Waals surface area contributed by atoms with Crippen molar-refractivity contribution in [2.75, 3.05) is 0 Å². The van der Waals surface area contributed by atoms with Crippen LogP contribution in [-0.4, -0.2) is 21.1 Å². The van der Waals surface area contributed by atoms with Gasteiger partial charge in [-0.15, -0.1) is 0 Å². The molecule has 0 fully saturated rings. The molecule has 2 aromatic carbocycles. The molecule has 2 aliphatic rings. The third-order valence-corrected chi connectivity index (χ3v) is 4.15. The van der Waals surface area contributed by atoms with E-state index in [1.54, 1.807) is 24.3 Å². The van der Waals surface area contributed by atoms with Crippen molar-refractivity contribution in [3.63, 3.8) is 0 Å². The number of H-pyrrole nitrogens is 1. The Hall–Kier alpha value is -4.06. The maximum atomic E-state index is 12.4. The fourth-order valence-corrected chi connectivity index (χ4v) is 2.99. The van der Waals surface area contributed by atoms with Crippen LogP contribution in [0.4, 0.5) is 8.78 Å². The molecule has 28 heavy (non-hydrogen) atoms. The van der Waals surface area contributed by atoms with Crippen LogP contribution in [-0.2, 0) is 0 Å².